The summed E-state index contributed by atoms with van der Waals surface area (Å²) in [6.45, 7) is 0. The third-order valence-electron chi connectivity index (χ3n) is 3.27. The molecule has 0 fully saturated rings. The number of azo groups is 1. The van der Waals surface area contributed by atoms with Gasteiger partial charge in [0.15, 0.2) is 11.6 Å². The first kappa shape index (κ1) is 16.1. The van der Waals surface area contributed by atoms with Gasteiger partial charge in [-0.15, -0.1) is 10.2 Å². The summed E-state index contributed by atoms with van der Waals surface area (Å²) in [4.78, 5) is 15.9. The number of esters is 1. The van der Waals surface area contributed by atoms with E-state index in [0.717, 1.165) is 0 Å². The van der Waals surface area contributed by atoms with E-state index in [1.165, 1.54) is 19.2 Å². The van der Waals surface area contributed by atoms with Crippen molar-refractivity contribution < 1.29 is 13.9 Å². The molecule has 0 aliphatic rings. The lowest BCUT2D eigenvalue weighted by atomic mass is 10.3. The van der Waals surface area contributed by atoms with Crippen LogP contribution in [-0.4, -0.2) is 22.5 Å². The number of carbonyl (C=O) groups excluding carboxylic acids is 1. The van der Waals surface area contributed by atoms with Crippen LogP contribution < -0.4 is 0 Å². The number of ether oxygens (including phenoxy) is 1. The number of methoxy groups -OCH3 is 1. The Morgan fingerprint density at radius 3 is 2.83 bits per heavy atom. The predicted octanol–water partition coefficient (Wildman–Crippen LogP) is 4.26. The van der Waals surface area contributed by atoms with Gasteiger partial charge in [-0.1, -0.05) is 23.7 Å². The highest BCUT2D eigenvalue weighted by atomic mass is 35.5. The van der Waals surface area contributed by atoms with Crippen molar-refractivity contribution in [1.29, 1.82) is 0 Å². The van der Waals surface area contributed by atoms with Gasteiger partial charge in [-0.2, -0.15) is 0 Å². The van der Waals surface area contributed by atoms with Crippen LogP contribution in [0, 0.1) is 5.82 Å². The first-order valence-electron chi connectivity index (χ1n) is 6.98. The fraction of sp³-hybridized carbons (Fsp3) is 0.125. The minimum atomic E-state index is -0.498. The van der Waals surface area contributed by atoms with E-state index in [9.17, 15) is 9.18 Å². The topological polar surface area (TPSA) is 68.3 Å². The van der Waals surface area contributed by atoms with Crippen molar-refractivity contribution in [3.8, 4) is 0 Å². The van der Waals surface area contributed by atoms with Crippen LogP contribution in [0.2, 0.25) is 5.02 Å². The lowest BCUT2D eigenvalue weighted by Crippen LogP contribution is -2.04. The first-order valence-corrected chi connectivity index (χ1v) is 7.36. The van der Waals surface area contributed by atoms with Gasteiger partial charge >= 0.3 is 5.97 Å². The predicted molar refractivity (Wildman–Crippen MR) is 86.5 cm³/mol. The molecule has 0 radical (unpaired) electrons. The number of halogens is 2. The molecule has 0 atom stereocenters. The number of imidazole rings is 1. The minimum absolute atomic E-state index is 0.0819. The molecule has 0 saturated carbocycles. The smallest absolute Gasteiger partial charge is 0.311 e. The normalized spacial score (nSPS) is 11.3. The average Bonchev–Trinajstić information content (AvgIpc) is 2.90. The molecule has 3 aromatic rings. The number of hydrogen-bond donors (Lipinski definition) is 0. The molecule has 2 aromatic heterocycles. The van der Waals surface area contributed by atoms with E-state index in [2.05, 4.69) is 19.9 Å². The number of rotatable bonds is 4. The van der Waals surface area contributed by atoms with Gasteiger partial charge in [0.25, 0.3) is 0 Å². The van der Waals surface area contributed by atoms with Gasteiger partial charge in [0.05, 0.1) is 24.2 Å². The molecule has 2 heterocycles. The second-order valence-corrected chi connectivity index (χ2v) is 5.30. The number of aromatic nitrogens is 2. The maximum absolute atomic E-state index is 13.7. The van der Waals surface area contributed by atoms with Gasteiger partial charge < -0.3 is 4.74 Å². The molecule has 24 heavy (non-hydrogen) atoms. The van der Waals surface area contributed by atoms with Crippen LogP contribution in [0.3, 0.4) is 0 Å². The third-order valence-corrected chi connectivity index (χ3v) is 3.49. The summed E-state index contributed by atoms with van der Waals surface area (Å²) in [7, 11) is 1.29. The Kier molecular flexibility index (Phi) is 4.52. The lowest BCUT2D eigenvalue weighted by molar-refractivity contribution is -0.139. The van der Waals surface area contributed by atoms with Crippen LogP contribution in [0.5, 0.6) is 0 Å². The van der Waals surface area contributed by atoms with E-state index in [4.69, 9.17) is 11.6 Å². The maximum Gasteiger partial charge on any atom is 0.311 e. The molecule has 0 amide bonds. The van der Waals surface area contributed by atoms with E-state index in [0.29, 0.717) is 22.2 Å². The average molecular weight is 347 g/mol. The Morgan fingerprint density at radius 1 is 1.29 bits per heavy atom. The second kappa shape index (κ2) is 6.76. The summed E-state index contributed by atoms with van der Waals surface area (Å²) in [5.41, 5.74) is 0.989. The SMILES string of the molecule is COC(=O)Cc1nc2ccc(Cl)cn2c1N=Nc1ccccc1F. The van der Waals surface area contributed by atoms with E-state index in [1.54, 1.807) is 34.9 Å². The van der Waals surface area contributed by atoms with Crippen LogP contribution in [0.15, 0.2) is 52.8 Å². The molecule has 0 N–H and O–H groups in total. The Labute approximate surface area is 141 Å². The number of hydrogen-bond acceptors (Lipinski definition) is 5. The molecule has 0 aliphatic heterocycles. The Morgan fingerprint density at radius 2 is 2.08 bits per heavy atom. The van der Waals surface area contributed by atoms with Crippen LogP contribution in [0.4, 0.5) is 15.9 Å². The van der Waals surface area contributed by atoms with E-state index in [1.807, 2.05) is 0 Å². The van der Waals surface area contributed by atoms with Crippen LogP contribution in [0.25, 0.3) is 5.65 Å². The van der Waals surface area contributed by atoms with E-state index in [-0.39, 0.29) is 12.1 Å². The Bertz CT molecular complexity index is 939. The molecule has 0 bridgehead atoms. The van der Waals surface area contributed by atoms with Crippen molar-refractivity contribution in [2.45, 2.75) is 6.42 Å². The molecule has 0 unspecified atom stereocenters. The van der Waals surface area contributed by atoms with Crippen molar-refractivity contribution in [2.24, 2.45) is 10.2 Å². The number of pyridine rings is 1. The van der Waals surface area contributed by atoms with Crippen LogP contribution >= 0.6 is 11.6 Å². The van der Waals surface area contributed by atoms with Crippen molar-refractivity contribution in [1.82, 2.24) is 9.38 Å². The number of benzene rings is 1. The third kappa shape index (κ3) is 3.26. The fourth-order valence-electron chi connectivity index (χ4n) is 2.12. The molecule has 3 rings (SSSR count). The van der Waals surface area contributed by atoms with Gasteiger partial charge in [-0.05, 0) is 24.3 Å². The maximum atomic E-state index is 13.7. The lowest BCUT2D eigenvalue weighted by Gasteiger charge is -2.00. The first-order chi connectivity index (χ1) is 11.6. The molecule has 122 valence electrons. The Hall–Kier alpha value is -2.80. The zero-order valence-corrected chi connectivity index (χ0v) is 13.4. The van der Waals surface area contributed by atoms with E-state index < -0.39 is 11.8 Å². The minimum Gasteiger partial charge on any atom is -0.469 e. The highest BCUT2D eigenvalue weighted by Crippen LogP contribution is 2.27. The second-order valence-electron chi connectivity index (χ2n) is 4.86. The standard InChI is InChI=1S/C16H12ClFN4O2/c1-24-15(23)8-13-16(21-20-12-5-3-2-4-11(12)18)22-9-10(17)6-7-14(22)19-13/h2-7,9H,8H2,1H3. The summed E-state index contributed by atoms with van der Waals surface area (Å²) >= 11 is 6.00. The summed E-state index contributed by atoms with van der Waals surface area (Å²) in [6.07, 6.45) is 1.52. The van der Waals surface area contributed by atoms with Gasteiger partial charge in [-0.3, -0.25) is 9.20 Å². The van der Waals surface area contributed by atoms with Crippen LogP contribution in [0.1, 0.15) is 5.69 Å². The zero-order chi connectivity index (χ0) is 17.1. The molecular formula is C16H12ClFN4O2. The van der Waals surface area contributed by atoms with Gasteiger partial charge in [0.2, 0.25) is 0 Å². The van der Waals surface area contributed by atoms with Gasteiger partial charge in [0.1, 0.15) is 11.3 Å². The van der Waals surface area contributed by atoms with Crippen molar-refractivity contribution in [3.05, 3.63) is 59.1 Å². The molecule has 8 heteroatoms. The van der Waals surface area contributed by atoms with Crippen molar-refractivity contribution in [2.75, 3.05) is 7.11 Å². The molecule has 0 saturated heterocycles. The number of carbonyl (C=O) groups is 1. The number of nitrogens with zero attached hydrogens (tertiary/aromatic N) is 4. The van der Waals surface area contributed by atoms with Gasteiger partial charge in [-0.25, -0.2) is 9.37 Å². The van der Waals surface area contributed by atoms with E-state index >= 15 is 0 Å². The number of fused-ring (bicyclic) bond motifs is 1. The highest BCUT2D eigenvalue weighted by Gasteiger charge is 2.16. The van der Waals surface area contributed by atoms with Crippen LogP contribution in [-0.2, 0) is 16.0 Å². The Balaban J connectivity index is 2.09. The molecule has 0 spiro atoms. The summed E-state index contributed by atoms with van der Waals surface area (Å²) < 4.78 is 19.9. The van der Waals surface area contributed by atoms with Crippen molar-refractivity contribution in [3.63, 3.8) is 0 Å². The molecule has 6 nitrogen and oxygen atoms in total. The molecule has 1 aromatic carbocycles. The van der Waals surface area contributed by atoms with Gasteiger partial charge in [0, 0.05) is 6.20 Å². The highest BCUT2D eigenvalue weighted by molar-refractivity contribution is 6.30. The fourth-order valence-corrected chi connectivity index (χ4v) is 2.28. The van der Waals surface area contributed by atoms with Crippen molar-refractivity contribution >= 4 is 34.7 Å². The monoisotopic (exact) mass is 346 g/mol. The molecular weight excluding hydrogens is 335 g/mol. The largest absolute Gasteiger partial charge is 0.469 e. The summed E-state index contributed by atoms with van der Waals surface area (Å²) in [5, 5.41) is 8.45. The zero-order valence-electron chi connectivity index (χ0n) is 12.6. The summed E-state index contributed by atoms with van der Waals surface area (Å²) in [6, 6.07) is 9.35. The summed E-state index contributed by atoms with van der Waals surface area (Å²) in [5.74, 6) is -0.671. The quantitative estimate of drug-likeness (QED) is 0.523. The molecule has 0 aliphatic carbocycles.